The fraction of sp³-hybridized carbons (Fsp3) is 0.333. The molecule has 0 aliphatic carbocycles. The van der Waals surface area contributed by atoms with Crippen molar-refractivity contribution in [2.75, 3.05) is 6.54 Å². The Morgan fingerprint density at radius 3 is 2.71 bits per heavy atom. The zero-order valence-corrected chi connectivity index (χ0v) is 10.2. The lowest BCUT2D eigenvalue weighted by Crippen LogP contribution is -2.42. The molecule has 0 aliphatic heterocycles. The molecular weight excluding hydrogens is 238 g/mol. The monoisotopic (exact) mass is 253 g/mol. The normalized spacial score (nSPS) is 11.9. The number of benzene rings is 1. The fourth-order valence-corrected chi connectivity index (χ4v) is 1.49. The van der Waals surface area contributed by atoms with Crippen molar-refractivity contribution >= 4 is 23.7 Å². The molecule has 0 heterocycles. The van der Waals surface area contributed by atoms with Gasteiger partial charge in [0.25, 0.3) is 0 Å². The van der Waals surface area contributed by atoms with E-state index < -0.39 is 6.04 Å². The van der Waals surface area contributed by atoms with Gasteiger partial charge in [0.1, 0.15) is 0 Å². The van der Waals surface area contributed by atoms with Crippen LogP contribution in [0.15, 0.2) is 24.3 Å². The van der Waals surface area contributed by atoms with Gasteiger partial charge in [-0.15, -0.1) is 0 Å². The average Bonchev–Trinajstić information content (AvgIpc) is 2.32. The lowest BCUT2D eigenvalue weighted by atomic mass is 10.1. The van der Waals surface area contributed by atoms with E-state index in [0.717, 1.165) is 5.56 Å². The van der Waals surface area contributed by atoms with Crippen molar-refractivity contribution in [3.05, 3.63) is 34.9 Å². The molecule has 0 bridgehead atoms. The van der Waals surface area contributed by atoms with E-state index in [-0.39, 0.29) is 5.91 Å². The largest absolute Gasteiger partial charge is 0.354 e. The summed E-state index contributed by atoms with van der Waals surface area (Å²) >= 11 is 5.76. The van der Waals surface area contributed by atoms with Crippen LogP contribution in [0.4, 0.5) is 0 Å². The molecule has 17 heavy (non-hydrogen) atoms. The molecule has 0 spiro atoms. The number of carbonyl (C=O) groups excluding carboxylic acids is 1. The topological polar surface area (TPSA) is 79.0 Å². The lowest BCUT2D eigenvalue weighted by Gasteiger charge is -2.11. The molecule has 0 fully saturated rings. The second-order valence-electron chi connectivity index (χ2n) is 3.72. The first-order valence-corrected chi connectivity index (χ1v) is 5.78. The van der Waals surface area contributed by atoms with Crippen LogP contribution in [0.5, 0.6) is 0 Å². The predicted octanol–water partition coefficient (Wildman–Crippen LogP) is 1.37. The van der Waals surface area contributed by atoms with Gasteiger partial charge in [0.15, 0.2) is 0 Å². The summed E-state index contributed by atoms with van der Waals surface area (Å²) in [5, 5.41) is 10.2. The third-order valence-corrected chi connectivity index (χ3v) is 2.55. The summed E-state index contributed by atoms with van der Waals surface area (Å²) in [5.74, 6) is -0.193. The highest BCUT2D eigenvalue weighted by molar-refractivity contribution is 6.30. The molecule has 4 nitrogen and oxygen atoms in total. The summed E-state index contributed by atoms with van der Waals surface area (Å²) in [7, 11) is 0. The van der Waals surface area contributed by atoms with Gasteiger partial charge in [0.05, 0.1) is 6.04 Å². The van der Waals surface area contributed by atoms with Crippen LogP contribution in [0.3, 0.4) is 0 Å². The second-order valence-corrected chi connectivity index (χ2v) is 4.16. The number of nitrogens with two attached hydrogens (primary N) is 1. The quantitative estimate of drug-likeness (QED) is 0.529. The van der Waals surface area contributed by atoms with Crippen LogP contribution >= 0.6 is 11.6 Å². The Balaban J connectivity index is 2.42. The molecule has 0 radical (unpaired) electrons. The number of halogens is 1. The van der Waals surface area contributed by atoms with E-state index in [1.165, 1.54) is 6.21 Å². The van der Waals surface area contributed by atoms with Crippen molar-refractivity contribution in [3.8, 4) is 0 Å². The van der Waals surface area contributed by atoms with Crippen LogP contribution < -0.4 is 11.1 Å². The predicted molar refractivity (Wildman–Crippen MR) is 69.5 cm³/mol. The molecule has 4 N–H and O–H groups in total. The Bertz CT molecular complexity index is 378. The van der Waals surface area contributed by atoms with E-state index in [1.54, 1.807) is 12.1 Å². The van der Waals surface area contributed by atoms with Gasteiger partial charge in [-0.1, -0.05) is 23.7 Å². The highest BCUT2D eigenvalue weighted by Gasteiger charge is 2.12. The van der Waals surface area contributed by atoms with Crippen molar-refractivity contribution in [2.24, 2.45) is 5.73 Å². The van der Waals surface area contributed by atoms with Gasteiger partial charge in [-0.25, -0.2) is 0 Å². The van der Waals surface area contributed by atoms with E-state index in [9.17, 15) is 4.79 Å². The maximum atomic E-state index is 11.6. The molecule has 1 rings (SSSR count). The summed E-state index contributed by atoms with van der Waals surface area (Å²) in [6, 6.07) is 6.69. The zero-order chi connectivity index (χ0) is 12.7. The van der Waals surface area contributed by atoms with Crippen LogP contribution in [0.2, 0.25) is 5.02 Å². The Morgan fingerprint density at radius 1 is 1.47 bits per heavy atom. The van der Waals surface area contributed by atoms with Gasteiger partial charge in [-0.2, -0.15) is 0 Å². The molecule has 0 aromatic heterocycles. The SMILES string of the molecule is N=CCCNC(=O)[C@@H](N)Cc1ccc(Cl)cc1. The highest BCUT2D eigenvalue weighted by Crippen LogP contribution is 2.10. The second kappa shape index (κ2) is 7.04. The van der Waals surface area contributed by atoms with Crippen molar-refractivity contribution in [1.29, 1.82) is 5.41 Å². The van der Waals surface area contributed by atoms with Crippen LogP contribution in [-0.4, -0.2) is 24.7 Å². The molecule has 1 aromatic rings. The number of rotatable bonds is 6. The lowest BCUT2D eigenvalue weighted by molar-refractivity contribution is -0.122. The van der Waals surface area contributed by atoms with Gasteiger partial charge in [0.2, 0.25) is 5.91 Å². The van der Waals surface area contributed by atoms with E-state index in [2.05, 4.69) is 5.32 Å². The molecule has 1 amide bonds. The number of amides is 1. The summed E-state index contributed by atoms with van der Waals surface area (Å²) in [4.78, 5) is 11.6. The minimum atomic E-state index is -0.568. The van der Waals surface area contributed by atoms with Crippen molar-refractivity contribution in [1.82, 2.24) is 5.32 Å². The van der Waals surface area contributed by atoms with Crippen molar-refractivity contribution in [2.45, 2.75) is 18.9 Å². The average molecular weight is 254 g/mol. The van der Waals surface area contributed by atoms with E-state index in [1.807, 2.05) is 12.1 Å². The number of hydrogen-bond donors (Lipinski definition) is 3. The standard InChI is InChI=1S/C12H16ClN3O/c13-10-4-2-9(3-5-10)8-11(15)12(17)16-7-1-6-14/h2-6,11,14H,1,7-8,15H2,(H,16,17)/t11-/m0/s1. The third kappa shape index (κ3) is 4.97. The van der Waals surface area contributed by atoms with Crippen LogP contribution in [-0.2, 0) is 11.2 Å². The summed E-state index contributed by atoms with van der Waals surface area (Å²) in [5.41, 5.74) is 6.74. The molecule has 1 aromatic carbocycles. The van der Waals surface area contributed by atoms with Crippen LogP contribution in [0.25, 0.3) is 0 Å². The summed E-state index contributed by atoms with van der Waals surface area (Å²) in [6.45, 7) is 0.455. The fourth-order valence-electron chi connectivity index (χ4n) is 1.37. The molecule has 0 saturated heterocycles. The van der Waals surface area contributed by atoms with Crippen molar-refractivity contribution < 1.29 is 4.79 Å². The van der Waals surface area contributed by atoms with Gasteiger partial charge in [-0.3, -0.25) is 4.79 Å². The summed E-state index contributed by atoms with van der Waals surface area (Å²) in [6.07, 6.45) is 2.26. The third-order valence-electron chi connectivity index (χ3n) is 2.29. The first-order valence-electron chi connectivity index (χ1n) is 5.40. The number of carbonyl (C=O) groups is 1. The molecule has 0 saturated carbocycles. The van der Waals surface area contributed by atoms with Gasteiger partial charge >= 0.3 is 0 Å². The first-order chi connectivity index (χ1) is 8.13. The minimum absolute atomic E-state index is 0.193. The number of nitrogens with one attached hydrogen (secondary N) is 2. The highest BCUT2D eigenvalue weighted by atomic mass is 35.5. The molecular formula is C12H16ClN3O. The van der Waals surface area contributed by atoms with E-state index in [4.69, 9.17) is 22.7 Å². The van der Waals surface area contributed by atoms with Crippen LogP contribution in [0.1, 0.15) is 12.0 Å². The number of hydrogen-bond acceptors (Lipinski definition) is 3. The Hall–Kier alpha value is -1.39. The van der Waals surface area contributed by atoms with Crippen molar-refractivity contribution in [3.63, 3.8) is 0 Å². The van der Waals surface area contributed by atoms with Gasteiger partial charge in [0, 0.05) is 11.6 Å². The molecule has 5 heteroatoms. The molecule has 92 valence electrons. The zero-order valence-electron chi connectivity index (χ0n) is 9.45. The van der Waals surface area contributed by atoms with E-state index in [0.29, 0.717) is 24.4 Å². The molecule has 0 unspecified atom stereocenters. The molecule has 1 atom stereocenters. The summed E-state index contributed by atoms with van der Waals surface area (Å²) < 4.78 is 0. The Morgan fingerprint density at radius 2 is 2.12 bits per heavy atom. The Labute approximate surface area is 106 Å². The van der Waals surface area contributed by atoms with E-state index >= 15 is 0 Å². The van der Waals surface area contributed by atoms with Crippen LogP contribution in [0, 0.1) is 5.41 Å². The Kier molecular flexibility index (Phi) is 5.66. The first kappa shape index (κ1) is 13.7. The molecule has 0 aliphatic rings. The smallest absolute Gasteiger partial charge is 0.237 e. The maximum absolute atomic E-state index is 11.6. The maximum Gasteiger partial charge on any atom is 0.237 e. The van der Waals surface area contributed by atoms with Gasteiger partial charge in [-0.05, 0) is 36.8 Å². The minimum Gasteiger partial charge on any atom is -0.354 e. The van der Waals surface area contributed by atoms with Gasteiger partial charge < -0.3 is 16.5 Å².